The highest BCUT2D eigenvalue weighted by atomic mass is 16.5. The van der Waals surface area contributed by atoms with Crippen molar-refractivity contribution in [1.29, 1.82) is 0 Å². The number of Topliss-reactive ketones (excluding diaryl/α,β-unsaturated/α-hetero) is 1. The monoisotopic (exact) mass is 413 g/mol. The summed E-state index contributed by atoms with van der Waals surface area (Å²) in [6.07, 6.45) is 5.64. The van der Waals surface area contributed by atoms with Gasteiger partial charge in [0.1, 0.15) is 0 Å². The van der Waals surface area contributed by atoms with E-state index in [1.54, 1.807) is 7.11 Å². The number of ether oxygens (including phenoxy) is 2. The van der Waals surface area contributed by atoms with Crippen LogP contribution in [0.1, 0.15) is 36.0 Å². The van der Waals surface area contributed by atoms with Gasteiger partial charge in [0.15, 0.2) is 23.4 Å². The van der Waals surface area contributed by atoms with Crippen molar-refractivity contribution >= 4 is 11.4 Å². The first kappa shape index (κ1) is 18.0. The molecule has 2 aromatic rings. The largest absolute Gasteiger partial charge is 0.493 e. The average molecular weight is 414 g/mol. The number of carbonyl (C=O) groups is 1. The molecule has 2 fully saturated rings. The molecular weight excluding hydrogens is 386 g/mol. The molecule has 4 heteroatoms. The van der Waals surface area contributed by atoms with Crippen LogP contribution in [-0.2, 0) is 16.6 Å². The number of nitrogens with zero attached hydrogens (tertiary/aromatic N) is 1. The van der Waals surface area contributed by atoms with Crippen molar-refractivity contribution in [2.24, 2.45) is 11.3 Å². The van der Waals surface area contributed by atoms with E-state index in [4.69, 9.17) is 9.47 Å². The van der Waals surface area contributed by atoms with Crippen LogP contribution in [0.2, 0.25) is 0 Å². The van der Waals surface area contributed by atoms with Gasteiger partial charge < -0.3 is 14.4 Å². The minimum atomic E-state index is -0.381. The predicted octanol–water partition coefficient (Wildman–Crippen LogP) is 4.02. The lowest BCUT2D eigenvalue weighted by Gasteiger charge is -2.66. The normalized spacial score (nSPS) is 37.0. The second kappa shape index (κ2) is 5.80. The number of ketones is 1. The molecule has 31 heavy (non-hydrogen) atoms. The summed E-state index contributed by atoms with van der Waals surface area (Å²) in [4.78, 5) is 16.3. The van der Waals surface area contributed by atoms with Gasteiger partial charge in [0.05, 0.1) is 12.5 Å². The Kier molecular flexibility index (Phi) is 3.37. The Morgan fingerprint density at radius 1 is 1.13 bits per heavy atom. The number of piperidine rings is 1. The van der Waals surface area contributed by atoms with Gasteiger partial charge in [0.25, 0.3) is 0 Å². The summed E-state index contributed by atoms with van der Waals surface area (Å²) in [6, 6.07) is 15.4. The highest BCUT2D eigenvalue weighted by Gasteiger charge is 2.76. The van der Waals surface area contributed by atoms with E-state index in [0.717, 1.165) is 37.3 Å². The maximum absolute atomic E-state index is 13.7. The maximum atomic E-state index is 13.7. The van der Waals surface area contributed by atoms with Crippen molar-refractivity contribution in [2.45, 2.75) is 43.2 Å². The molecule has 5 atom stereocenters. The first-order chi connectivity index (χ1) is 15.1. The lowest BCUT2D eigenvalue weighted by Crippen LogP contribution is -2.73. The van der Waals surface area contributed by atoms with Gasteiger partial charge in [-0.1, -0.05) is 42.5 Å². The number of allylic oxidation sites excluding steroid dienone is 2. The van der Waals surface area contributed by atoms with E-state index in [2.05, 4.69) is 54.4 Å². The Morgan fingerprint density at radius 3 is 2.77 bits per heavy atom. The molecule has 3 aliphatic carbocycles. The first-order valence-corrected chi connectivity index (χ1v) is 11.5. The van der Waals surface area contributed by atoms with Gasteiger partial charge in [-0.3, -0.25) is 4.79 Å². The van der Waals surface area contributed by atoms with Crippen molar-refractivity contribution < 1.29 is 14.3 Å². The fourth-order valence-corrected chi connectivity index (χ4v) is 8.19. The molecule has 5 aliphatic rings. The Hall–Kier alpha value is -2.59. The molecule has 1 saturated heterocycles. The molecule has 158 valence electrons. The van der Waals surface area contributed by atoms with Crippen LogP contribution >= 0.6 is 0 Å². The van der Waals surface area contributed by atoms with Crippen LogP contribution in [-0.4, -0.2) is 43.5 Å². The van der Waals surface area contributed by atoms with Gasteiger partial charge in [-0.15, -0.1) is 0 Å². The van der Waals surface area contributed by atoms with Crippen molar-refractivity contribution in [2.75, 3.05) is 20.7 Å². The lowest BCUT2D eigenvalue weighted by atomic mass is 9.40. The number of carbonyl (C=O) groups excluding carboxylic acids is 1. The molecule has 0 radical (unpaired) electrons. The number of hydrogen-bond acceptors (Lipinski definition) is 4. The van der Waals surface area contributed by atoms with Crippen molar-refractivity contribution in [1.82, 2.24) is 4.90 Å². The molecule has 2 aliphatic heterocycles. The standard InChI is InChI=1S/C27H27NO3/c1-28-13-12-27-23-17-8-9-21(30-2)24(23)31-25(27)20(29)15-19-18(16-6-4-3-5-7-16)10-11-26(19,27)22(28)14-17/h3-10,19,22,25H,11-15H2,1-2H3/t19-,22+,25+,26+,27+/m1/s1. The van der Waals surface area contributed by atoms with Crippen LogP contribution in [0.3, 0.4) is 0 Å². The fraction of sp³-hybridized carbons (Fsp3) is 0.444. The summed E-state index contributed by atoms with van der Waals surface area (Å²) in [5, 5.41) is 0. The zero-order chi connectivity index (χ0) is 21.0. The highest BCUT2D eigenvalue weighted by Crippen LogP contribution is 2.74. The topological polar surface area (TPSA) is 38.8 Å². The molecule has 0 N–H and O–H groups in total. The van der Waals surface area contributed by atoms with E-state index in [1.165, 1.54) is 22.3 Å². The smallest absolute Gasteiger partial charge is 0.174 e. The number of hydrogen-bond donors (Lipinski definition) is 0. The summed E-state index contributed by atoms with van der Waals surface area (Å²) < 4.78 is 12.3. The van der Waals surface area contributed by atoms with Crippen LogP contribution in [0.15, 0.2) is 48.5 Å². The second-order valence-electron chi connectivity index (χ2n) is 10.0. The third kappa shape index (κ3) is 1.87. The fourth-order valence-electron chi connectivity index (χ4n) is 8.19. The Bertz CT molecular complexity index is 1150. The van der Waals surface area contributed by atoms with E-state index >= 15 is 0 Å². The first-order valence-electron chi connectivity index (χ1n) is 11.5. The van der Waals surface area contributed by atoms with Crippen LogP contribution in [0, 0.1) is 11.3 Å². The highest BCUT2D eigenvalue weighted by molar-refractivity contribution is 5.93. The summed E-state index contributed by atoms with van der Waals surface area (Å²) >= 11 is 0. The molecule has 2 bridgehead atoms. The summed E-state index contributed by atoms with van der Waals surface area (Å²) in [5.74, 6) is 2.11. The minimum absolute atomic E-state index is 0.00559. The van der Waals surface area contributed by atoms with E-state index in [1.807, 2.05) is 6.07 Å². The maximum Gasteiger partial charge on any atom is 0.174 e. The third-order valence-corrected chi connectivity index (χ3v) is 9.25. The lowest BCUT2D eigenvalue weighted by molar-refractivity contribution is -0.159. The third-order valence-electron chi connectivity index (χ3n) is 9.25. The molecule has 0 aromatic heterocycles. The van der Waals surface area contributed by atoms with E-state index in [0.29, 0.717) is 12.5 Å². The Balaban J connectivity index is 1.51. The van der Waals surface area contributed by atoms with Crippen molar-refractivity contribution in [3.05, 3.63) is 65.2 Å². The van der Waals surface area contributed by atoms with Gasteiger partial charge in [0.2, 0.25) is 0 Å². The summed E-state index contributed by atoms with van der Waals surface area (Å²) in [5.41, 5.74) is 5.02. The molecule has 2 spiro atoms. The molecular formula is C27H27NO3. The molecule has 1 saturated carbocycles. The van der Waals surface area contributed by atoms with Gasteiger partial charge in [-0.05, 0) is 61.5 Å². The molecule has 4 nitrogen and oxygen atoms in total. The van der Waals surface area contributed by atoms with Crippen LogP contribution in [0.4, 0.5) is 0 Å². The molecule has 2 heterocycles. The zero-order valence-electron chi connectivity index (χ0n) is 18.1. The summed E-state index contributed by atoms with van der Waals surface area (Å²) in [7, 11) is 3.98. The Morgan fingerprint density at radius 2 is 1.97 bits per heavy atom. The minimum Gasteiger partial charge on any atom is -0.493 e. The van der Waals surface area contributed by atoms with E-state index < -0.39 is 0 Å². The zero-order valence-corrected chi connectivity index (χ0v) is 18.1. The average Bonchev–Trinajstić information content (AvgIpc) is 3.33. The summed E-state index contributed by atoms with van der Waals surface area (Å²) in [6.45, 7) is 1.00. The number of methoxy groups -OCH3 is 1. The van der Waals surface area contributed by atoms with Crippen molar-refractivity contribution in [3.63, 3.8) is 0 Å². The number of likely N-dealkylation sites (tertiary alicyclic amines) is 1. The SMILES string of the molecule is COc1ccc2c3c1O[C@H]1C(=O)C[C@@H]4C(c5ccccc5)=CC[C@@]45[C@H](C2)N(C)CC[C@]315. The number of benzene rings is 2. The molecule has 0 amide bonds. The quantitative estimate of drug-likeness (QED) is 0.746. The van der Waals surface area contributed by atoms with Gasteiger partial charge >= 0.3 is 0 Å². The van der Waals surface area contributed by atoms with Gasteiger partial charge in [-0.2, -0.15) is 0 Å². The van der Waals surface area contributed by atoms with E-state index in [-0.39, 0.29) is 28.6 Å². The predicted molar refractivity (Wildman–Crippen MR) is 118 cm³/mol. The second-order valence-corrected chi connectivity index (χ2v) is 10.0. The van der Waals surface area contributed by atoms with Crippen LogP contribution < -0.4 is 9.47 Å². The molecule has 2 aromatic carbocycles. The van der Waals surface area contributed by atoms with Gasteiger partial charge in [0, 0.05) is 23.4 Å². The van der Waals surface area contributed by atoms with Gasteiger partial charge in [-0.25, -0.2) is 0 Å². The number of rotatable bonds is 2. The van der Waals surface area contributed by atoms with Crippen LogP contribution in [0.25, 0.3) is 5.57 Å². The van der Waals surface area contributed by atoms with Crippen LogP contribution in [0.5, 0.6) is 11.5 Å². The van der Waals surface area contributed by atoms with E-state index in [9.17, 15) is 4.79 Å². The molecule has 7 rings (SSSR count). The number of likely N-dealkylation sites (N-methyl/N-ethyl adjacent to an activating group) is 1. The Labute approximate surface area is 182 Å². The van der Waals surface area contributed by atoms with Crippen molar-refractivity contribution in [3.8, 4) is 11.5 Å². The molecule has 0 unspecified atom stereocenters.